The van der Waals surface area contributed by atoms with Gasteiger partial charge in [-0.15, -0.1) is 0 Å². The summed E-state index contributed by atoms with van der Waals surface area (Å²) in [5, 5.41) is 3.23. The van der Waals surface area contributed by atoms with Gasteiger partial charge < -0.3 is 9.88 Å². The van der Waals surface area contributed by atoms with Crippen LogP contribution in [0.5, 0.6) is 0 Å². The van der Waals surface area contributed by atoms with Crippen molar-refractivity contribution in [1.82, 2.24) is 9.55 Å². The zero-order chi connectivity index (χ0) is 13.8. The molecule has 1 N–H and O–H groups in total. The molecule has 5 nitrogen and oxygen atoms in total. The fourth-order valence-electron chi connectivity index (χ4n) is 1.51. The standard InChI is InChI=1S/C12H23N3O2S/c1-5-6-7-13-11-14-8-9-15(11)10-12(2,3)18(4,16)17/h8-9H,5-7,10H2,1-4H3,(H,13,14). The number of hydrogen-bond acceptors (Lipinski definition) is 4. The average Bonchev–Trinajstić information content (AvgIpc) is 2.64. The first kappa shape index (κ1) is 15.0. The second-order valence-electron chi connectivity index (χ2n) is 5.19. The minimum absolute atomic E-state index is 0.403. The number of rotatable bonds is 7. The smallest absolute Gasteiger partial charge is 0.202 e. The third-order valence-electron chi connectivity index (χ3n) is 3.08. The molecule has 0 amide bonds. The third-order valence-corrected chi connectivity index (χ3v) is 5.22. The van der Waals surface area contributed by atoms with Gasteiger partial charge in [-0.05, 0) is 20.3 Å². The molecular weight excluding hydrogens is 250 g/mol. The molecule has 104 valence electrons. The van der Waals surface area contributed by atoms with E-state index in [1.807, 2.05) is 4.57 Å². The largest absolute Gasteiger partial charge is 0.356 e. The monoisotopic (exact) mass is 273 g/mol. The van der Waals surface area contributed by atoms with Gasteiger partial charge in [-0.25, -0.2) is 13.4 Å². The van der Waals surface area contributed by atoms with E-state index in [4.69, 9.17) is 0 Å². The van der Waals surface area contributed by atoms with E-state index in [1.165, 1.54) is 6.26 Å². The molecule has 0 radical (unpaired) electrons. The molecule has 1 rings (SSSR count). The maximum atomic E-state index is 11.7. The lowest BCUT2D eigenvalue weighted by molar-refractivity contribution is 0.504. The minimum Gasteiger partial charge on any atom is -0.356 e. The molecule has 0 fully saturated rings. The van der Waals surface area contributed by atoms with Gasteiger partial charge in [0.15, 0.2) is 9.84 Å². The lowest BCUT2D eigenvalue weighted by atomic mass is 10.2. The number of anilines is 1. The van der Waals surface area contributed by atoms with Crippen molar-refractivity contribution < 1.29 is 8.42 Å². The first-order chi connectivity index (χ1) is 8.28. The molecule has 0 aromatic carbocycles. The molecule has 6 heteroatoms. The molecule has 0 spiro atoms. The van der Waals surface area contributed by atoms with E-state index in [1.54, 1.807) is 26.2 Å². The first-order valence-corrected chi connectivity index (χ1v) is 8.11. The lowest BCUT2D eigenvalue weighted by Crippen LogP contribution is -2.36. The Labute approximate surface area is 110 Å². The molecule has 18 heavy (non-hydrogen) atoms. The molecule has 0 aliphatic heterocycles. The van der Waals surface area contributed by atoms with Crippen molar-refractivity contribution >= 4 is 15.8 Å². The summed E-state index contributed by atoms with van der Waals surface area (Å²) in [4.78, 5) is 4.21. The number of imidazole rings is 1. The number of hydrogen-bond donors (Lipinski definition) is 1. The second kappa shape index (κ2) is 5.73. The predicted octanol–water partition coefficient (Wildman–Crippen LogP) is 1.92. The van der Waals surface area contributed by atoms with Crippen molar-refractivity contribution in [3.8, 4) is 0 Å². The van der Waals surface area contributed by atoms with Crippen LogP contribution in [0, 0.1) is 0 Å². The summed E-state index contributed by atoms with van der Waals surface area (Å²) in [6.45, 7) is 6.85. The Balaban J connectivity index is 2.77. The van der Waals surface area contributed by atoms with Gasteiger partial charge in [0.05, 0.1) is 4.75 Å². The lowest BCUT2D eigenvalue weighted by Gasteiger charge is -2.24. The van der Waals surface area contributed by atoms with Crippen LogP contribution in [0.4, 0.5) is 5.95 Å². The van der Waals surface area contributed by atoms with Gasteiger partial charge in [0, 0.05) is 31.7 Å². The molecule has 0 saturated heterocycles. The summed E-state index contributed by atoms with van der Waals surface area (Å²) in [6, 6.07) is 0. The number of sulfone groups is 1. The molecule has 0 bridgehead atoms. The Morgan fingerprint density at radius 1 is 1.44 bits per heavy atom. The van der Waals surface area contributed by atoms with Crippen LogP contribution < -0.4 is 5.32 Å². The zero-order valence-electron chi connectivity index (χ0n) is 11.6. The highest BCUT2D eigenvalue weighted by molar-refractivity contribution is 7.92. The number of nitrogens with zero attached hydrogens (tertiary/aromatic N) is 2. The summed E-state index contributed by atoms with van der Waals surface area (Å²) in [7, 11) is -3.10. The van der Waals surface area contributed by atoms with E-state index < -0.39 is 14.6 Å². The molecule has 0 unspecified atom stereocenters. The van der Waals surface area contributed by atoms with Gasteiger partial charge in [-0.3, -0.25) is 0 Å². The SMILES string of the molecule is CCCCNc1nccn1CC(C)(C)S(C)(=O)=O. The third kappa shape index (κ3) is 3.73. The van der Waals surface area contributed by atoms with Crippen molar-refractivity contribution in [2.75, 3.05) is 18.1 Å². The number of nitrogens with one attached hydrogen (secondary N) is 1. The van der Waals surface area contributed by atoms with Crippen molar-refractivity contribution in [1.29, 1.82) is 0 Å². The maximum Gasteiger partial charge on any atom is 0.202 e. The van der Waals surface area contributed by atoms with Crippen molar-refractivity contribution in [2.24, 2.45) is 0 Å². The van der Waals surface area contributed by atoms with Crippen LogP contribution >= 0.6 is 0 Å². The molecule has 0 atom stereocenters. The highest BCUT2D eigenvalue weighted by atomic mass is 32.2. The van der Waals surface area contributed by atoms with Crippen LogP contribution in [0.1, 0.15) is 33.6 Å². The Hall–Kier alpha value is -1.04. The van der Waals surface area contributed by atoms with Crippen molar-refractivity contribution in [3.63, 3.8) is 0 Å². The summed E-state index contributed by atoms with van der Waals surface area (Å²) in [5.74, 6) is 0.736. The van der Waals surface area contributed by atoms with Gasteiger partial charge in [-0.2, -0.15) is 0 Å². The average molecular weight is 273 g/mol. The van der Waals surface area contributed by atoms with E-state index in [-0.39, 0.29) is 0 Å². The van der Waals surface area contributed by atoms with Crippen LogP contribution in [0.2, 0.25) is 0 Å². The zero-order valence-corrected chi connectivity index (χ0v) is 12.4. The summed E-state index contributed by atoms with van der Waals surface area (Å²) >= 11 is 0. The van der Waals surface area contributed by atoms with Gasteiger partial charge in [0.1, 0.15) is 0 Å². The van der Waals surface area contributed by atoms with E-state index in [0.29, 0.717) is 6.54 Å². The van der Waals surface area contributed by atoms with Crippen LogP contribution in [-0.4, -0.2) is 35.5 Å². The van der Waals surface area contributed by atoms with E-state index >= 15 is 0 Å². The van der Waals surface area contributed by atoms with Gasteiger partial charge >= 0.3 is 0 Å². The highest BCUT2D eigenvalue weighted by Gasteiger charge is 2.31. The molecule has 0 saturated carbocycles. The van der Waals surface area contributed by atoms with E-state index in [9.17, 15) is 8.42 Å². The summed E-state index contributed by atoms with van der Waals surface area (Å²) in [6.07, 6.45) is 6.95. The quantitative estimate of drug-likeness (QED) is 0.771. The summed E-state index contributed by atoms with van der Waals surface area (Å²) < 4.78 is 24.5. The number of aromatic nitrogens is 2. The molecular formula is C12H23N3O2S. The Bertz CT molecular complexity index is 477. The maximum absolute atomic E-state index is 11.7. The molecule has 1 aromatic heterocycles. The van der Waals surface area contributed by atoms with Gasteiger partial charge in [0.2, 0.25) is 5.95 Å². The second-order valence-corrected chi connectivity index (χ2v) is 7.84. The van der Waals surface area contributed by atoms with Gasteiger partial charge in [0.25, 0.3) is 0 Å². The first-order valence-electron chi connectivity index (χ1n) is 6.22. The summed E-state index contributed by atoms with van der Waals surface area (Å²) in [5.41, 5.74) is 0. The van der Waals surface area contributed by atoms with E-state index in [0.717, 1.165) is 25.3 Å². The normalized spacial score (nSPS) is 12.7. The van der Waals surface area contributed by atoms with Crippen LogP contribution in [0.15, 0.2) is 12.4 Å². The van der Waals surface area contributed by atoms with Crippen LogP contribution in [-0.2, 0) is 16.4 Å². The molecule has 0 aliphatic rings. The number of unbranched alkanes of at least 4 members (excludes halogenated alkanes) is 1. The van der Waals surface area contributed by atoms with Crippen molar-refractivity contribution in [3.05, 3.63) is 12.4 Å². The highest BCUT2D eigenvalue weighted by Crippen LogP contribution is 2.20. The topological polar surface area (TPSA) is 64.0 Å². The van der Waals surface area contributed by atoms with E-state index in [2.05, 4.69) is 17.2 Å². The van der Waals surface area contributed by atoms with Crippen LogP contribution in [0.25, 0.3) is 0 Å². The fourth-order valence-corrected chi connectivity index (χ4v) is 1.88. The minimum atomic E-state index is -3.10. The predicted molar refractivity (Wildman–Crippen MR) is 74.5 cm³/mol. The van der Waals surface area contributed by atoms with Gasteiger partial charge in [-0.1, -0.05) is 13.3 Å². The molecule has 0 aliphatic carbocycles. The van der Waals surface area contributed by atoms with Crippen LogP contribution in [0.3, 0.4) is 0 Å². The Morgan fingerprint density at radius 2 is 2.11 bits per heavy atom. The Kier molecular flexibility index (Phi) is 4.78. The molecule has 1 aromatic rings. The fraction of sp³-hybridized carbons (Fsp3) is 0.750. The van der Waals surface area contributed by atoms with Crippen molar-refractivity contribution in [2.45, 2.75) is 44.9 Å². The molecule has 1 heterocycles. The Morgan fingerprint density at radius 3 is 2.67 bits per heavy atom.